The number of carbonyl (C=O) groups is 1. The standard InChI is InChI=1S/C16H18ClN3OS/c1-3-6-14-12(10-19-16(20-14)22-2)15(21)18-9-11-7-4-5-8-13(11)17/h4-5,7-8,10H,3,6,9H2,1-2H3,(H,18,21). The first kappa shape index (κ1) is 16.8. The molecule has 1 heterocycles. The lowest BCUT2D eigenvalue weighted by atomic mass is 10.1. The van der Waals surface area contributed by atoms with Gasteiger partial charge in [-0.3, -0.25) is 4.79 Å². The maximum Gasteiger partial charge on any atom is 0.254 e. The highest BCUT2D eigenvalue weighted by atomic mass is 35.5. The van der Waals surface area contributed by atoms with Crippen molar-refractivity contribution in [1.29, 1.82) is 0 Å². The number of hydrogen-bond donors (Lipinski definition) is 1. The molecule has 0 spiro atoms. The van der Waals surface area contributed by atoms with Crippen molar-refractivity contribution in [3.05, 3.63) is 52.3 Å². The van der Waals surface area contributed by atoms with Gasteiger partial charge in [0.15, 0.2) is 5.16 Å². The summed E-state index contributed by atoms with van der Waals surface area (Å²) in [5, 5.41) is 4.21. The second-order valence-electron chi connectivity index (χ2n) is 4.74. The minimum atomic E-state index is -0.170. The van der Waals surface area contributed by atoms with Crippen LogP contribution in [0.3, 0.4) is 0 Å². The molecule has 1 N–H and O–H groups in total. The van der Waals surface area contributed by atoms with E-state index in [-0.39, 0.29) is 5.91 Å². The van der Waals surface area contributed by atoms with E-state index in [4.69, 9.17) is 11.6 Å². The summed E-state index contributed by atoms with van der Waals surface area (Å²) in [5.74, 6) is -0.170. The molecule has 4 nitrogen and oxygen atoms in total. The van der Waals surface area contributed by atoms with Crippen LogP contribution in [0.25, 0.3) is 0 Å². The third-order valence-electron chi connectivity index (χ3n) is 3.16. The molecule has 22 heavy (non-hydrogen) atoms. The Kier molecular flexibility index (Phi) is 6.21. The molecule has 0 saturated carbocycles. The van der Waals surface area contributed by atoms with Crippen LogP contribution in [0, 0.1) is 0 Å². The fourth-order valence-corrected chi connectivity index (χ4v) is 2.59. The van der Waals surface area contributed by atoms with Gasteiger partial charge in [0.05, 0.1) is 11.3 Å². The third-order valence-corrected chi connectivity index (χ3v) is 4.09. The van der Waals surface area contributed by atoms with Crippen LogP contribution in [0.2, 0.25) is 5.02 Å². The van der Waals surface area contributed by atoms with E-state index in [0.717, 1.165) is 24.1 Å². The van der Waals surface area contributed by atoms with Crippen molar-refractivity contribution in [1.82, 2.24) is 15.3 Å². The second kappa shape index (κ2) is 8.15. The minimum absolute atomic E-state index is 0.170. The van der Waals surface area contributed by atoms with E-state index in [9.17, 15) is 4.79 Å². The number of amides is 1. The van der Waals surface area contributed by atoms with Gasteiger partial charge in [-0.1, -0.05) is 54.9 Å². The molecule has 1 amide bonds. The molecular weight excluding hydrogens is 318 g/mol. The van der Waals surface area contributed by atoms with Crippen molar-refractivity contribution in [3.63, 3.8) is 0 Å². The molecular formula is C16H18ClN3OS. The van der Waals surface area contributed by atoms with E-state index in [1.807, 2.05) is 30.5 Å². The second-order valence-corrected chi connectivity index (χ2v) is 5.92. The van der Waals surface area contributed by atoms with Crippen molar-refractivity contribution < 1.29 is 4.79 Å². The summed E-state index contributed by atoms with van der Waals surface area (Å²) in [4.78, 5) is 21.0. The maximum atomic E-state index is 12.4. The highest BCUT2D eigenvalue weighted by Gasteiger charge is 2.14. The summed E-state index contributed by atoms with van der Waals surface area (Å²) < 4.78 is 0. The van der Waals surface area contributed by atoms with Gasteiger partial charge in [-0.15, -0.1) is 0 Å². The van der Waals surface area contributed by atoms with Gasteiger partial charge < -0.3 is 5.32 Å². The fourth-order valence-electron chi connectivity index (χ4n) is 2.03. The molecule has 0 saturated heterocycles. The first-order valence-electron chi connectivity index (χ1n) is 7.07. The van der Waals surface area contributed by atoms with Crippen LogP contribution in [-0.4, -0.2) is 22.1 Å². The van der Waals surface area contributed by atoms with E-state index >= 15 is 0 Å². The Bertz CT molecular complexity index is 664. The molecule has 2 rings (SSSR count). The van der Waals surface area contributed by atoms with E-state index < -0.39 is 0 Å². The van der Waals surface area contributed by atoms with Crippen LogP contribution in [0.4, 0.5) is 0 Å². The predicted octanol–water partition coefficient (Wildman–Crippen LogP) is 3.73. The van der Waals surface area contributed by atoms with Crippen LogP contribution in [0.15, 0.2) is 35.6 Å². The van der Waals surface area contributed by atoms with Crippen molar-refractivity contribution >= 4 is 29.3 Å². The highest BCUT2D eigenvalue weighted by molar-refractivity contribution is 7.98. The molecule has 0 unspecified atom stereocenters. The Morgan fingerprint density at radius 1 is 1.36 bits per heavy atom. The number of nitrogens with zero attached hydrogens (tertiary/aromatic N) is 2. The summed E-state index contributed by atoms with van der Waals surface area (Å²) in [7, 11) is 0. The number of nitrogens with one attached hydrogen (secondary N) is 1. The highest BCUT2D eigenvalue weighted by Crippen LogP contribution is 2.16. The van der Waals surface area contributed by atoms with Gasteiger partial charge in [0.2, 0.25) is 0 Å². The summed E-state index contributed by atoms with van der Waals surface area (Å²) in [5.41, 5.74) is 2.21. The monoisotopic (exact) mass is 335 g/mol. The van der Waals surface area contributed by atoms with Crippen LogP contribution in [0.5, 0.6) is 0 Å². The Morgan fingerprint density at radius 3 is 2.82 bits per heavy atom. The molecule has 0 atom stereocenters. The van der Waals surface area contributed by atoms with Gasteiger partial charge >= 0.3 is 0 Å². The first-order valence-corrected chi connectivity index (χ1v) is 8.67. The molecule has 0 aliphatic heterocycles. The molecule has 0 fully saturated rings. The summed E-state index contributed by atoms with van der Waals surface area (Å²) in [6.45, 7) is 2.45. The average Bonchev–Trinajstić information content (AvgIpc) is 2.54. The molecule has 0 bridgehead atoms. The minimum Gasteiger partial charge on any atom is -0.348 e. The smallest absolute Gasteiger partial charge is 0.254 e. The third kappa shape index (κ3) is 4.21. The van der Waals surface area contributed by atoms with Crippen molar-refractivity contribution in [2.45, 2.75) is 31.5 Å². The molecule has 1 aromatic heterocycles. The zero-order chi connectivity index (χ0) is 15.9. The Labute approximate surface area is 139 Å². The number of aryl methyl sites for hydroxylation is 1. The summed E-state index contributed by atoms with van der Waals surface area (Å²) in [6, 6.07) is 7.46. The lowest BCUT2D eigenvalue weighted by molar-refractivity contribution is 0.0949. The number of hydrogen-bond acceptors (Lipinski definition) is 4. The molecule has 2 aromatic rings. The molecule has 116 valence electrons. The van der Waals surface area contributed by atoms with Crippen molar-refractivity contribution in [3.8, 4) is 0 Å². The average molecular weight is 336 g/mol. The normalized spacial score (nSPS) is 10.5. The van der Waals surface area contributed by atoms with Gasteiger partial charge in [-0.25, -0.2) is 9.97 Å². The Balaban J connectivity index is 2.13. The number of rotatable bonds is 6. The zero-order valence-electron chi connectivity index (χ0n) is 12.6. The van der Waals surface area contributed by atoms with Crippen LogP contribution < -0.4 is 5.32 Å². The molecule has 0 aliphatic rings. The van der Waals surface area contributed by atoms with Gasteiger partial charge in [-0.2, -0.15) is 0 Å². The lowest BCUT2D eigenvalue weighted by Gasteiger charge is -2.10. The van der Waals surface area contributed by atoms with Crippen LogP contribution >= 0.6 is 23.4 Å². The van der Waals surface area contributed by atoms with Crippen molar-refractivity contribution in [2.75, 3.05) is 6.26 Å². The number of benzene rings is 1. The Morgan fingerprint density at radius 2 is 2.14 bits per heavy atom. The fraction of sp³-hybridized carbons (Fsp3) is 0.312. The topological polar surface area (TPSA) is 54.9 Å². The van der Waals surface area contributed by atoms with E-state index in [1.165, 1.54) is 11.8 Å². The van der Waals surface area contributed by atoms with Crippen molar-refractivity contribution in [2.24, 2.45) is 0 Å². The van der Waals surface area contributed by atoms with Gasteiger partial charge in [-0.05, 0) is 24.3 Å². The number of thioether (sulfide) groups is 1. The molecule has 0 radical (unpaired) electrons. The van der Waals surface area contributed by atoms with E-state index in [2.05, 4.69) is 22.2 Å². The number of aromatic nitrogens is 2. The van der Waals surface area contributed by atoms with E-state index in [1.54, 1.807) is 6.20 Å². The molecule has 1 aromatic carbocycles. The predicted molar refractivity (Wildman–Crippen MR) is 90.4 cm³/mol. The number of carbonyl (C=O) groups excluding carboxylic acids is 1. The SMILES string of the molecule is CCCc1nc(SC)ncc1C(=O)NCc1ccccc1Cl. The zero-order valence-corrected chi connectivity index (χ0v) is 14.2. The van der Waals surface area contributed by atoms with Gasteiger partial charge in [0.1, 0.15) is 0 Å². The molecule has 0 aliphatic carbocycles. The van der Waals surface area contributed by atoms with E-state index in [0.29, 0.717) is 22.3 Å². The van der Waals surface area contributed by atoms with Crippen LogP contribution in [-0.2, 0) is 13.0 Å². The van der Waals surface area contributed by atoms with Gasteiger partial charge in [0.25, 0.3) is 5.91 Å². The largest absolute Gasteiger partial charge is 0.348 e. The lowest BCUT2D eigenvalue weighted by Crippen LogP contribution is -2.25. The number of halogens is 1. The van der Waals surface area contributed by atoms with Gasteiger partial charge in [0, 0.05) is 17.8 Å². The summed E-state index contributed by atoms with van der Waals surface area (Å²) in [6.07, 6.45) is 5.20. The van der Waals surface area contributed by atoms with Crippen LogP contribution in [0.1, 0.15) is 35.0 Å². The first-order chi connectivity index (χ1) is 10.7. The summed E-state index contributed by atoms with van der Waals surface area (Å²) >= 11 is 7.57. The Hall–Kier alpha value is -1.59. The molecule has 6 heteroatoms. The maximum absolute atomic E-state index is 12.4. The quantitative estimate of drug-likeness (QED) is 0.645.